The number of nitrogens with zero attached hydrogens (tertiary/aromatic N) is 4. The minimum absolute atomic E-state index is 0.606. The average molecular weight is 802 g/mol. The second-order valence-electron chi connectivity index (χ2n) is 12.8. The van der Waals surface area contributed by atoms with Crippen LogP contribution in [0, 0.1) is 0 Å². The van der Waals surface area contributed by atoms with Gasteiger partial charge in [-0.2, -0.15) is 0 Å². The van der Waals surface area contributed by atoms with Gasteiger partial charge in [0.15, 0.2) is 0 Å². The number of fused-ring (bicyclic) bond motifs is 17. The molecule has 0 saturated carbocycles. The van der Waals surface area contributed by atoms with Crippen LogP contribution in [-0.4, -0.2) is 21.4 Å². The molecule has 4 aliphatic heterocycles. The monoisotopic (exact) mass is 801 g/mol. The van der Waals surface area contributed by atoms with E-state index in [-0.39, 0.29) is 0 Å². The van der Waals surface area contributed by atoms with E-state index in [4.69, 9.17) is 4.74 Å². The topological polar surface area (TPSA) is 22.2 Å². The average Bonchev–Trinajstić information content (AvgIpc) is 3.65. The second-order valence-corrected chi connectivity index (χ2v) is 15.4. The summed E-state index contributed by atoms with van der Waals surface area (Å²) in [6, 6.07) is 53.7. The van der Waals surface area contributed by atoms with Crippen LogP contribution in [0.15, 0.2) is 146 Å². The van der Waals surface area contributed by atoms with Crippen LogP contribution in [0.1, 0.15) is 22.3 Å². The molecule has 234 valence electrons. The second kappa shape index (κ2) is 9.88. The fourth-order valence-electron chi connectivity index (χ4n) is 8.43. The Hall–Kier alpha value is -5.25. The zero-order valence-corrected chi connectivity index (χ0v) is 28.3. The molecule has 0 radical (unpaired) electrons. The SMILES string of the molecule is c1cc2cc(c1)Oc1cccc(c1)C1(c3ccccc3-c3ccccc31)N1[C]3=[Pt]=[C]4N(CCN3c3ccccc31)c1ccccc1N4C2. The first-order chi connectivity index (χ1) is 23.8. The fraction of sp³-hybridized carbons (Fsp3) is 0.0952. The van der Waals surface area contributed by atoms with E-state index in [2.05, 4.69) is 165 Å². The van der Waals surface area contributed by atoms with Crippen LogP contribution in [0.2, 0.25) is 0 Å². The molecule has 1 aliphatic carbocycles. The van der Waals surface area contributed by atoms with Crippen LogP contribution in [-0.2, 0) is 29.7 Å². The van der Waals surface area contributed by atoms with E-state index in [1.165, 1.54) is 64.4 Å². The standard InChI is InChI=1S/C42H30N4O.Pt/c1-3-17-36-34(15-1)35-16-2-4-18-37(35)42(36)31-12-10-14-33(26-31)47-32-13-9-11-30(25-32)27-45-28-43(38-19-5-6-20-39(38)45)23-24-44-29-46(42)41-22-8-7-21-40(41)44;/h1-22,25-26H,23-24,27H2;. The van der Waals surface area contributed by atoms with Crippen molar-refractivity contribution >= 4 is 31.0 Å². The summed E-state index contributed by atoms with van der Waals surface area (Å²) in [5.41, 5.74) is 12.2. The van der Waals surface area contributed by atoms with Crippen molar-refractivity contribution in [3.05, 3.63) is 168 Å². The maximum absolute atomic E-state index is 6.73. The van der Waals surface area contributed by atoms with Gasteiger partial charge in [-0.3, -0.25) is 0 Å². The van der Waals surface area contributed by atoms with Crippen molar-refractivity contribution in [2.45, 2.75) is 12.1 Å². The number of rotatable bonds is 0. The normalized spacial score (nSPS) is 17.5. The van der Waals surface area contributed by atoms with Gasteiger partial charge in [-0.15, -0.1) is 0 Å². The van der Waals surface area contributed by atoms with Gasteiger partial charge in [0.25, 0.3) is 0 Å². The molecule has 4 heterocycles. The van der Waals surface area contributed by atoms with E-state index in [0.717, 1.165) is 31.1 Å². The molecule has 0 fully saturated rings. The Labute approximate surface area is 287 Å². The molecular weight excluding hydrogens is 772 g/mol. The number of ether oxygens (including phenoxy) is 1. The van der Waals surface area contributed by atoms with Crippen LogP contribution in [0.25, 0.3) is 11.1 Å². The minimum atomic E-state index is -0.701. The molecule has 5 nitrogen and oxygen atoms in total. The fourth-order valence-corrected chi connectivity index (χ4v) is 12.2. The van der Waals surface area contributed by atoms with Gasteiger partial charge in [-0.1, -0.05) is 0 Å². The van der Waals surface area contributed by atoms with Crippen molar-refractivity contribution in [3.8, 4) is 22.6 Å². The first-order valence-corrected chi connectivity index (χ1v) is 18.8. The number of benzene rings is 6. The molecule has 5 aliphatic rings. The van der Waals surface area contributed by atoms with Gasteiger partial charge in [-0.05, 0) is 0 Å². The van der Waals surface area contributed by atoms with Crippen molar-refractivity contribution in [1.29, 1.82) is 0 Å². The van der Waals surface area contributed by atoms with Gasteiger partial charge in [-0.25, -0.2) is 0 Å². The summed E-state index contributed by atoms with van der Waals surface area (Å²) in [6.45, 7) is 2.62. The Morgan fingerprint density at radius 1 is 0.500 bits per heavy atom. The summed E-state index contributed by atoms with van der Waals surface area (Å²) in [7, 11) is 0. The van der Waals surface area contributed by atoms with Crippen molar-refractivity contribution in [2.75, 3.05) is 32.7 Å². The van der Waals surface area contributed by atoms with Crippen LogP contribution < -0.4 is 24.3 Å². The molecule has 0 N–H and O–H groups in total. The summed E-state index contributed by atoms with van der Waals surface area (Å²) >= 11 is -0.701. The third-order valence-corrected chi connectivity index (χ3v) is 13.7. The molecule has 0 saturated heterocycles. The van der Waals surface area contributed by atoms with Gasteiger partial charge in [0.1, 0.15) is 0 Å². The summed E-state index contributed by atoms with van der Waals surface area (Å²) in [5.74, 6) is 1.70. The van der Waals surface area contributed by atoms with Crippen LogP contribution in [0.5, 0.6) is 11.5 Å². The molecule has 11 rings (SSSR count). The molecule has 0 amide bonds. The molecule has 6 bridgehead atoms. The quantitative estimate of drug-likeness (QED) is 0.154. The molecule has 6 aromatic carbocycles. The summed E-state index contributed by atoms with van der Waals surface area (Å²) in [6.07, 6.45) is 0. The number of anilines is 4. The van der Waals surface area contributed by atoms with E-state index in [1.54, 1.807) is 0 Å². The Bertz CT molecular complexity index is 2370. The Morgan fingerprint density at radius 3 is 1.79 bits per heavy atom. The third kappa shape index (κ3) is 3.49. The van der Waals surface area contributed by atoms with Crippen molar-refractivity contribution in [2.24, 2.45) is 0 Å². The van der Waals surface area contributed by atoms with E-state index in [1.807, 2.05) is 0 Å². The molecule has 0 unspecified atom stereocenters. The third-order valence-electron chi connectivity index (χ3n) is 10.3. The molecule has 6 aromatic rings. The number of hydrogen-bond donors (Lipinski definition) is 0. The zero-order valence-electron chi connectivity index (χ0n) is 26.0. The van der Waals surface area contributed by atoms with Crippen molar-refractivity contribution in [1.82, 2.24) is 0 Å². The van der Waals surface area contributed by atoms with Crippen LogP contribution in [0.4, 0.5) is 22.7 Å². The van der Waals surface area contributed by atoms with Crippen molar-refractivity contribution < 1.29 is 22.4 Å². The van der Waals surface area contributed by atoms with Crippen molar-refractivity contribution in [3.63, 3.8) is 0 Å². The van der Waals surface area contributed by atoms with Gasteiger partial charge >= 0.3 is 289 Å². The van der Waals surface area contributed by atoms with E-state index < -0.39 is 23.2 Å². The zero-order chi connectivity index (χ0) is 31.4. The molecule has 0 atom stereocenters. The number of hydrogen-bond acceptors (Lipinski definition) is 5. The summed E-state index contributed by atoms with van der Waals surface area (Å²) in [4.78, 5) is 10.6. The van der Waals surface area contributed by atoms with Gasteiger partial charge in [0.05, 0.1) is 0 Å². The summed E-state index contributed by atoms with van der Waals surface area (Å²) < 4.78 is 9.58. The molecule has 6 heteroatoms. The van der Waals surface area contributed by atoms with Crippen LogP contribution in [0.3, 0.4) is 0 Å². The molecule has 48 heavy (non-hydrogen) atoms. The summed E-state index contributed by atoms with van der Waals surface area (Å²) in [5, 5.41) is 0. The Kier molecular flexibility index (Phi) is 5.51. The van der Waals surface area contributed by atoms with Gasteiger partial charge < -0.3 is 0 Å². The molecule has 0 aromatic heterocycles. The maximum atomic E-state index is 6.73. The molecular formula is C42H30N4OPt. The first kappa shape index (κ1) is 26.8. The number of para-hydroxylation sites is 4. The van der Waals surface area contributed by atoms with E-state index in [0.29, 0.717) is 0 Å². The van der Waals surface area contributed by atoms with Crippen LogP contribution >= 0.6 is 0 Å². The Balaban J connectivity index is 1.32. The van der Waals surface area contributed by atoms with Gasteiger partial charge in [0, 0.05) is 0 Å². The van der Waals surface area contributed by atoms with Gasteiger partial charge in [0.2, 0.25) is 0 Å². The predicted octanol–water partition coefficient (Wildman–Crippen LogP) is 8.19. The first-order valence-electron chi connectivity index (χ1n) is 16.5. The molecule has 1 spiro atoms. The van der Waals surface area contributed by atoms with E-state index in [9.17, 15) is 0 Å². The van der Waals surface area contributed by atoms with E-state index >= 15 is 0 Å². The Morgan fingerprint density at radius 2 is 1.06 bits per heavy atom. The predicted molar refractivity (Wildman–Crippen MR) is 191 cm³/mol.